The first-order valence-corrected chi connectivity index (χ1v) is 5.23. The van der Waals surface area contributed by atoms with Crippen molar-refractivity contribution < 1.29 is 14.3 Å². The number of carboxylic acids is 1. The van der Waals surface area contributed by atoms with E-state index in [2.05, 4.69) is 4.98 Å². The number of fused-ring (bicyclic) bond motifs is 1. The van der Waals surface area contributed by atoms with Crippen LogP contribution in [0, 0.1) is 6.92 Å². The first kappa shape index (κ1) is 10.7. The molecule has 0 spiro atoms. The Morgan fingerprint density at radius 3 is 3.06 bits per heavy atom. The minimum Gasteiger partial charge on any atom is -0.481 e. The Bertz CT molecular complexity index is 516. The summed E-state index contributed by atoms with van der Waals surface area (Å²) >= 11 is 0. The molecule has 0 fully saturated rings. The molecular weight excluding hydrogens is 206 g/mol. The Morgan fingerprint density at radius 2 is 2.31 bits per heavy atom. The first-order valence-electron chi connectivity index (χ1n) is 5.23. The molecule has 0 bridgehead atoms. The summed E-state index contributed by atoms with van der Waals surface area (Å²) in [5, 5.41) is 8.54. The van der Waals surface area contributed by atoms with Crippen molar-refractivity contribution in [2.45, 2.75) is 26.2 Å². The van der Waals surface area contributed by atoms with Crippen molar-refractivity contribution >= 4 is 17.1 Å². The predicted molar refractivity (Wildman–Crippen MR) is 59.3 cm³/mol. The predicted octanol–water partition coefficient (Wildman–Crippen LogP) is 2.54. The number of benzene rings is 1. The molecule has 2 rings (SSSR count). The monoisotopic (exact) mass is 219 g/mol. The van der Waals surface area contributed by atoms with Gasteiger partial charge in [0.1, 0.15) is 5.52 Å². The van der Waals surface area contributed by atoms with Crippen LogP contribution in [0.2, 0.25) is 0 Å². The molecule has 0 aliphatic rings. The number of nitrogens with zero attached hydrogens (tertiary/aromatic N) is 1. The van der Waals surface area contributed by atoms with E-state index in [4.69, 9.17) is 9.52 Å². The van der Waals surface area contributed by atoms with Gasteiger partial charge in [-0.15, -0.1) is 0 Å². The highest BCUT2D eigenvalue weighted by atomic mass is 16.4. The van der Waals surface area contributed by atoms with Crippen molar-refractivity contribution in [3.63, 3.8) is 0 Å². The summed E-state index contributed by atoms with van der Waals surface area (Å²) in [7, 11) is 0. The van der Waals surface area contributed by atoms with Crippen molar-refractivity contribution in [3.8, 4) is 0 Å². The van der Waals surface area contributed by atoms with Gasteiger partial charge < -0.3 is 9.52 Å². The van der Waals surface area contributed by atoms with Crippen molar-refractivity contribution in [2.24, 2.45) is 0 Å². The molecule has 0 amide bonds. The van der Waals surface area contributed by atoms with Crippen LogP contribution < -0.4 is 0 Å². The first-order chi connectivity index (χ1) is 7.65. The second-order valence-electron chi connectivity index (χ2n) is 3.78. The quantitative estimate of drug-likeness (QED) is 0.858. The van der Waals surface area contributed by atoms with E-state index in [0.29, 0.717) is 12.3 Å². The minimum absolute atomic E-state index is 0.202. The fourth-order valence-corrected chi connectivity index (χ4v) is 1.68. The summed E-state index contributed by atoms with van der Waals surface area (Å²) in [5.74, 6) is -0.103. The molecule has 0 radical (unpaired) electrons. The van der Waals surface area contributed by atoms with Crippen LogP contribution in [0.25, 0.3) is 11.1 Å². The van der Waals surface area contributed by atoms with Crippen LogP contribution in [-0.2, 0) is 11.2 Å². The molecule has 0 saturated heterocycles. The molecule has 4 heteroatoms. The Balaban J connectivity index is 2.10. The van der Waals surface area contributed by atoms with Crippen LogP contribution in [0.1, 0.15) is 24.3 Å². The van der Waals surface area contributed by atoms with Crippen LogP contribution in [0.4, 0.5) is 0 Å². The van der Waals surface area contributed by atoms with E-state index in [1.54, 1.807) is 0 Å². The molecule has 0 saturated carbocycles. The number of aromatic nitrogens is 1. The molecule has 4 nitrogen and oxygen atoms in total. The highest BCUT2D eigenvalue weighted by Gasteiger charge is 2.04. The Morgan fingerprint density at radius 1 is 1.50 bits per heavy atom. The molecule has 1 aromatic heterocycles. The highest BCUT2D eigenvalue weighted by molar-refractivity contribution is 5.73. The third-order valence-electron chi connectivity index (χ3n) is 2.42. The molecular formula is C12H13NO3. The SMILES string of the molecule is Cc1nc2ccc(CCCC(=O)O)cc2o1. The normalized spacial score (nSPS) is 10.8. The average molecular weight is 219 g/mol. The van der Waals surface area contributed by atoms with Crippen molar-refractivity contribution in [1.82, 2.24) is 4.98 Å². The van der Waals surface area contributed by atoms with Gasteiger partial charge in [-0.25, -0.2) is 4.98 Å². The van der Waals surface area contributed by atoms with E-state index in [-0.39, 0.29) is 6.42 Å². The Kier molecular flexibility index (Phi) is 2.90. The molecule has 1 heterocycles. The number of carboxylic acid groups (broad SMARTS) is 1. The Labute approximate surface area is 92.9 Å². The fourth-order valence-electron chi connectivity index (χ4n) is 1.68. The number of oxazole rings is 1. The Hall–Kier alpha value is -1.84. The molecule has 84 valence electrons. The zero-order valence-corrected chi connectivity index (χ0v) is 9.06. The van der Waals surface area contributed by atoms with Gasteiger partial charge in [-0.2, -0.15) is 0 Å². The molecule has 0 unspecified atom stereocenters. The van der Waals surface area contributed by atoms with Crippen LogP contribution in [-0.4, -0.2) is 16.1 Å². The third kappa shape index (κ3) is 2.39. The van der Waals surface area contributed by atoms with Crippen molar-refractivity contribution in [1.29, 1.82) is 0 Å². The summed E-state index contributed by atoms with van der Waals surface area (Å²) in [4.78, 5) is 14.6. The zero-order valence-electron chi connectivity index (χ0n) is 9.06. The van der Waals surface area contributed by atoms with E-state index >= 15 is 0 Å². The van der Waals surface area contributed by atoms with E-state index < -0.39 is 5.97 Å². The maximum Gasteiger partial charge on any atom is 0.303 e. The van der Waals surface area contributed by atoms with Gasteiger partial charge in [0.2, 0.25) is 0 Å². The second-order valence-corrected chi connectivity index (χ2v) is 3.78. The molecule has 2 aromatic rings. The van der Waals surface area contributed by atoms with E-state index in [0.717, 1.165) is 23.1 Å². The molecule has 0 atom stereocenters. The van der Waals surface area contributed by atoms with Gasteiger partial charge in [-0.05, 0) is 30.5 Å². The van der Waals surface area contributed by atoms with E-state index in [1.165, 1.54) is 0 Å². The van der Waals surface area contributed by atoms with Gasteiger partial charge in [0.25, 0.3) is 0 Å². The van der Waals surface area contributed by atoms with Gasteiger partial charge in [0, 0.05) is 13.3 Å². The van der Waals surface area contributed by atoms with E-state index in [1.807, 2.05) is 25.1 Å². The lowest BCUT2D eigenvalue weighted by Crippen LogP contribution is -1.95. The molecule has 1 N–H and O–H groups in total. The molecule has 16 heavy (non-hydrogen) atoms. The van der Waals surface area contributed by atoms with Gasteiger partial charge in [-0.3, -0.25) is 4.79 Å². The number of aryl methyl sites for hydroxylation is 2. The number of aliphatic carboxylic acids is 1. The number of carbonyl (C=O) groups is 1. The van der Waals surface area contributed by atoms with E-state index in [9.17, 15) is 4.79 Å². The molecule has 1 aromatic carbocycles. The van der Waals surface area contributed by atoms with Crippen LogP contribution in [0.15, 0.2) is 22.6 Å². The lowest BCUT2D eigenvalue weighted by molar-refractivity contribution is -0.137. The summed E-state index contributed by atoms with van der Waals surface area (Å²) < 4.78 is 5.41. The largest absolute Gasteiger partial charge is 0.481 e. The molecule has 0 aliphatic heterocycles. The summed E-state index contributed by atoms with van der Waals surface area (Å²) in [6.07, 6.45) is 1.60. The summed E-state index contributed by atoms with van der Waals surface area (Å²) in [6, 6.07) is 5.80. The van der Waals surface area contributed by atoms with Gasteiger partial charge in [0.15, 0.2) is 11.5 Å². The summed E-state index contributed by atoms with van der Waals surface area (Å²) in [6.45, 7) is 1.81. The molecule has 0 aliphatic carbocycles. The van der Waals surface area contributed by atoms with Crippen LogP contribution in [0.3, 0.4) is 0 Å². The highest BCUT2D eigenvalue weighted by Crippen LogP contribution is 2.17. The van der Waals surface area contributed by atoms with Crippen LogP contribution in [0.5, 0.6) is 0 Å². The van der Waals surface area contributed by atoms with Gasteiger partial charge >= 0.3 is 5.97 Å². The van der Waals surface area contributed by atoms with Crippen LogP contribution >= 0.6 is 0 Å². The topological polar surface area (TPSA) is 63.3 Å². The number of rotatable bonds is 4. The lowest BCUT2D eigenvalue weighted by atomic mass is 10.1. The zero-order chi connectivity index (χ0) is 11.5. The van der Waals surface area contributed by atoms with Gasteiger partial charge in [-0.1, -0.05) is 6.07 Å². The van der Waals surface area contributed by atoms with Gasteiger partial charge in [0.05, 0.1) is 0 Å². The fraction of sp³-hybridized carbons (Fsp3) is 0.333. The third-order valence-corrected chi connectivity index (χ3v) is 2.42. The number of hydrogen-bond acceptors (Lipinski definition) is 3. The second kappa shape index (κ2) is 4.35. The lowest BCUT2D eigenvalue weighted by Gasteiger charge is -1.98. The minimum atomic E-state index is -0.753. The van der Waals surface area contributed by atoms with Crippen molar-refractivity contribution in [3.05, 3.63) is 29.7 Å². The number of hydrogen-bond donors (Lipinski definition) is 1. The standard InChI is InChI=1S/C12H13NO3/c1-8-13-10-6-5-9(7-11(10)16-8)3-2-4-12(14)15/h5-7H,2-4H2,1H3,(H,14,15). The maximum absolute atomic E-state index is 10.4. The van der Waals surface area contributed by atoms with Crippen molar-refractivity contribution in [2.75, 3.05) is 0 Å². The average Bonchev–Trinajstić information content (AvgIpc) is 2.56. The summed E-state index contributed by atoms with van der Waals surface area (Å²) in [5.41, 5.74) is 2.70. The maximum atomic E-state index is 10.4. The smallest absolute Gasteiger partial charge is 0.303 e.